The highest BCUT2D eigenvalue weighted by molar-refractivity contribution is 5.92. The van der Waals surface area contributed by atoms with Crippen LogP contribution in [-0.4, -0.2) is 40.7 Å². The zero-order chi connectivity index (χ0) is 13.8. The molecule has 2 rings (SSSR count). The van der Waals surface area contributed by atoms with E-state index in [9.17, 15) is 4.79 Å². The zero-order valence-corrected chi connectivity index (χ0v) is 11.4. The fourth-order valence-electron chi connectivity index (χ4n) is 2.91. The fraction of sp³-hybridized carbons (Fsp3) is 0.833. The number of ether oxygens (including phenoxy) is 1. The molecule has 2 fully saturated rings. The molecule has 18 heavy (non-hydrogen) atoms. The Labute approximate surface area is 107 Å². The lowest BCUT2D eigenvalue weighted by molar-refractivity contribution is 0.0260. The Kier molecular flexibility index (Phi) is 2.54. The molecule has 6 nitrogen and oxygen atoms in total. The SMILES string of the molecule is CC(C)(C)OC(=O)N1CC2(C)CC2(C(N)=NO)C1. The number of rotatable bonds is 1. The van der Waals surface area contributed by atoms with Crippen LogP contribution < -0.4 is 5.73 Å². The summed E-state index contributed by atoms with van der Waals surface area (Å²) in [6.45, 7) is 8.62. The van der Waals surface area contributed by atoms with Crippen LogP contribution in [0.2, 0.25) is 0 Å². The van der Waals surface area contributed by atoms with Gasteiger partial charge in [-0.15, -0.1) is 0 Å². The van der Waals surface area contributed by atoms with E-state index in [1.165, 1.54) is 0 Å². The van der Waals surface area contributed by atoms with Crippen molar-refractivity contribution in [3.05, 3.63) is 0 Å². The van der Waals surface area contributed by atoms with Crippen LogP contribution in [0.1, 0.15) is 34.1 Å². The molecule has 0 aromatic carbocycles. The molecule has 1 heterocycles. The van der Waals surface area contributed by atoms with E-state index in [-0.39, 0.29) is 22.8 Å². The number of nitrogens with zero attached hydrogens (tertiary/aromatic N) is 2. The molecule has 0 radical (unpaired) electrons. The molecule has 1 aliphatic carbocycles. The third kappa shape index (κ3) is 1.79. The van der Waals surface area contributed by atoms with Gasteiger partial charge in [0.05, 0.1) is 5.41 Å². The van der Waals surface area contributed by atoms with Crippen LogP contribution in [0.15, 0.2) is 5.16 Å². The summed E-state index contributed by atoms with van der Waals surface area (Å²) in [7, 11) is 0. The van der Waals surface area contributed by atoms with Crippen LogP contribution in [-0.2, 0) is 4.74 Å². The van der Waals surface area contributed by atoms with Gasteiger partial charge in [-0.1, -0.05) is 12.1 Å². The Morgan fingerprint density at radius 2 is 2.06 bits per heavy atom. The van der Waals surface area contributed by atoms with E-state index in [2.05, 4.69) is 12.1 Å². The van der Waals surface area contributed by atoms with Crippen LogP contribution in [0.5, 0.6) is 0 Å². The molecule has 2 aliphatic rings. The molecule has 1 amide bonds. The summed E-state index contributed by atoms with van der Waals surface area (Å²) in [6, 6.07) is 0. The van der Waals surface area contributed by atoms with Gasteiger partial charge in [0.2, 0.25) is 0 Å². The summed E-state index contributed by atoms with van der Waals surface area (Å²) in [4.78, 5) is 13.6. The van der Waals surface area contributed by atoms with Crippen LogP contribution in [0.3, 0.4) is 0 Å². The number of nitrogens with two attached hydrogens (primary N) is 1. The first kappa shape index (κ1) is 13.0. The molecular formula is C12H21N3O3. The number of amidine groups is 1. The number of fused-ring (bicyclic) bond motifs is 1. The highest BCUT2D eigenvalue weighted by atomic mass is 16.6. The number of hydrogen-bond donors (Lipinski definition) is 2. The summed E-state index contributed by atoms with van der Waals surface area (Å²) in [5.74, 6) is 0.219. The standard InChI is InChI=1S/C12H21N3O3/c1-10(2,3)18-9(16)15-6-11(4)5-12(11,7-15)8(13)14-17/h17H,5-7H2,1-4H3,(H2,13,14). The van der Waals surface area contributed by atoms with Gasteiger partial charge in [0, 0.05) is 18.5 Å². The van der Waals surface area contributed by atoms with Crippen LogP contribution >= 0.6 is 0 Å². The van der Waals surface area contributed by atoms with Crippen molar-refractivity contribution in [2.24, 2.45) is 21.7 Å². The maximum absolute atomic E-state index is 12.0. The molecule has 2 atom stereocenters. The topological polar surface area (TPSA) is 88.2 Å². The Morgan fingerprint density at radius 1 is 1.44 bits per heavy atom. The van der Waals surface area contributed by atoms with Crippen LogP contribution in [0.4, 0.5) is 4.79 Å². The van der Waals surface area contributed by atoms with Gasteiger partial charge in [-0.05, 0) is 27.2 Å². The molecule has 102 valence electrons. The van der Waals surface area contributed by atoms with Gasteiger partial charge in [0.15, 0.2) is 0 Å². The fourth-order valence-corrected chi connectivity index (χ4v) is 2.91. The van der Waals surface area contributed by atoms with Crippen molar-refractivity contribution in [2.45, 2.75) is 39.7 Å². The van der Waals surface area contributed by atoms with E-state index in [1.54, 1.807) is 4.90 Å². The Bertz CT molecular complexity index is 415. The number of piperidine rings is 1. The predicted molar refractivity (Wildman–Crippen MR) is 66.4 cm³/mol. The lowest BCUT2D eigenvalue weighted by atomic mass is 9.97. The van der Waals surface area contributed by atoms with Gasteiger partial charge < -0.3 is 20.6 Å². The number of amides is 1. The van der Waals surface area contributed by atoms with Gasteiger partial charge in [-0.2, -0.15) is 0 Å². The normalized spacial score (nSPS) is 35.3. The third-order valence-corrected chi connectivity index (χ3v) is 3.97. The second-order valence-electron chi connectivity index (χ2n) is 6.64. The molecule has 0 aromatic heterocycles. The minimum atomic E-state index is -0.505. The number of carbonyl (C=O) groups is 1. The van der Waals surface area contributed by atoms with E-state index in [1.807, 2.05) is 20.8 Å². The van der Waals surface area contributed by atoms with E-state index >= 15 is 0 Å². The molecule has 6 heteroatoms. The molecule has 1 saturated carbocycles. The minimum Gasteiger partial charge on any atom is -0.444 e. The Morgan fingerprint density at radius 3 is 2.56 bits per heavy atom. The first-order valence-electron chi connectivity index (χ1n) is 6.09. The molecule has 1 aliphatic heterocycles. The number of hydrogen-bond acceptors (Lipinski definition) is 4. The third-order valence-electron chi connectivity index (χ3n) is 3.97. The summed E-state index contributed by atoms with van der Waals surface area (Å²) in [5.41, 5.74) is 4.80. The highest BCUT2D eigenvalue weighted by Crippen LogP contribution is 2.68. The van der Waals surface area contributed by atoms with Gasteiger partial charge in [-0.25, -0.2) is 4.79 Å². The lowest BCUT2D eigenvalue weighted by Gasteiger charge is -2.26. The number of carbonyl (C=O) groups excluding carboxylic acids is 1. The zero-order valence-electron chi connectivity index (χ0n) is 11.4. The van der Waals surface area contributed by atoms with Crippen molar-refractivity contribution in [3.8, 4) is 0 Å². The van der Waals surface area contributed by atoms with Crippen LogP contribution in [0.25, 0.3) is 0 Å². The maximum atomic E-state index is 12.0. The van der Waals surface area contributed by atoms with Gasteiger partial charge >= 0.3 is 6.09 Å². The first-order valence-corrected chi connectivity index (χ1v) is 6.09. The number of oxime groups is 1. The van der Waals surface area contributed by atoms with E-state index in [4.69, 9.17) is 15.7 Å². The van der Waals surface area contributed by atoms with Crippen LogP contribution in [0, 0.1) is 10.8 Å². The molecule has 1 saturated heterocycles. The van der Waals surface area contributed by atoms with Crippen molar-refractivity contribution >= 4 is 11.9 Å². The Balaban J connectivity index is 2.08. The van der Waals surface area contributed by atoms with Crippen molar-refractivity contribution in [1.82, 2.24) is 4.90 Å². The number of likely N-dealkylation sites (tertiary alicyclic amines) is 1. The molecule has 0 spiro atoms. The van der Waals surface area contributed by atoms with Crippen molar-refractivity contribution in [2.75, 3.05) is 13.1 Å². The second-order valence-corrected chi connectivity index (χ2v) is 6.64. The summed E-state index contributed by atoms with van der Waals surface area (Å²) in [6.07, 6.45) is 0.524. The molecule has 3 N–H and O–H groups in total. The monoisotopic (exact) mass is 255 g/mol. The van der Waals surface area contributed by atoms with Crippen molar-refractivity contribution in [1.29, 1.82) is 0 Å². The lowest BCUT2D eigenvalue weighted by Crippen LogP contribution is -2.39. The average Bonchev–Trinajstić information content (AvgIpc) is 2.69. The molecule has 0 aromatic rings. The van der Waals surface area contributed by atoms with E-state index < -0.39 is 5.60 Å². The summed E-state index contributed by atoms with van der Waals surface area (Å²) in [5, 5.41) is 12.0. The van der Waals surface area contributed by atoms with Gasteiger partial charge in [-0.3, -0.25) is 0 Å². The van der Waals surface area contributed by atoms with E-state index in [0.29, 0.717) is 13.1 Å². The smallest absolute Gasteiger partial charge is 0.410 e. The first-order chi connectivity index (χ1) is 8.13. The summed E-state index contributed by atoms with van der Waals surface area (Å²) < 4.78 is 5.34. The highest BCUT2D eigenvalue weighted by Gasteiger charge is 2.72. The molecular weight excluding hydrogens is 234 g/mol. The van der Waals surface area contributed by atoms with Gasteiger partial charge in [0.1, 0.15) is 11.4 Å². The van der Waals surface area contributed by atoms with Crippen molar-refractivity contribution < 1.29 is 14.7 Å². The second kappa shape index (κ2) is 3.52. The van der Waals surface area contributed by atoms with Crippen molar-refractivity contribution in [3.63, 3.8) is 0 Å². The Hall–Kier alpha value is -1.46. The average molecular weight is 255 g/mol. The largest absolute Gasteiger partial charge is 0.444 e. The van der Waals surface area contributed by atoms with Gasteiger partial charge in [0.25, 0.3) is 0 Å². The predicted octanol–water partition coefficient (Wildman–Crippen LogP) is 1.38. The minimum absolute atomic E-state index is 0.0831. The quantitative estimate of drug-likeness (QED) is 0.320. The summed E-state index contributed by atoms with van der Waals surface area (Å²) >= 11 is 0. The molecule has 0 bridgehead atoms. The van der Waals surface area contributed by atoms with E-state index in [0.717, 1.165) is 6.42 Å². The maximum Gasteiger partial charge on any atom is 0.410 e. The molecule has 2 unspecified atom stereocenters.